The van der Waals surface area contributed by atoms with Crippen LogP contribution in [0.3, 0.4) is 0 Å². The number of benzene rings is 2. The van der Waals surface area contributed by atoms with Crippen molar-refractivity contribution in [3.63, 3.8) is 0 Å². The molecule has 0 spiro atoms. The number of esters is 1. The molecule has 2 rings (SSSR count). The molecule has 0 atom stereocenters. The molecular formula is C16H18O3. The molecule has 0 N–H and O–H groups in total. The van der Waals surface area contributed by atoms with E-state index < -0.39 is 0 Å². The maximum Gasteiger partial charge on any atom is 0.308 e. The van der Waals surface area contributed by atoms with Crippen LogP contribution in [0.15, 0.2) is 60.7 Å². The quantitative estimate of drug-likeness (QED) is 0.622. The van der Waals surface area contributed by atoms with Crippen molar-refractivity contribution >= 4 is 5.97 Å². The van der Waals surface area contributed by atoms with Gasteiger partial charge in [0.25, 0.3) is 0 Å². The van der Waals surface area contributed by atoms with E-state index in [0.29, 0.717) is 5.75 Å². The van der Waals surface area contributed by atoms with Gasteiger partial charge in [-0.25, -0.2) is 0 Å². The number of rotatable bonds is 3. The van der Waals surface area contributed by atoms with E-state index in [1.807, 2.05) is 55.5 Å². The summed E-state index contributed by atoms with van der Waals surface area (Å²) >= 11 is 0. The van der Waals surface area contributed by atoms with Crippen LogP contribution in [0.5, 0.6) is 11.5 Å². The van der Waals surface area contributed by atoms with Gasteiger partial charge in [-0.2, -0.15) is 0 Å². The highest BCUT2D eigenvalue weighted by atomic mass is 16.5. The molecular weight excluding hydrogens is 240 g/mol. The van der Waals surface area contributed by atoms with Crippen LogP contribution in [0.4, 0.5) is 0 Å². The zero-order chi connectivity index (χ0) is 13.9. The fourth-order valence-corrected chi connectivity index (χ4v) is 1.34. The monoisotopic (exact) mass is 258 g/mol. The Kier molecular flexibility index (Phi) is 6.80. The van der Waals surface area contributed by atoms with E-state index >= 15 is 0 Å². The van der Waals surface area contributed by atoms with Crippen LogP contribution < -0.4 is 9.47 Å². The van der Waals surface area contributed by atoms with Gasteiger partial charge < -0.3 is 9.47 Å². The first-order valence-electron chi connectivity index (χ1n) is 6.13. The molecule has 2 aromatic rings. The summed E-state index contributed by atoms with van der Waals surface area (Å²) in [5.74, 6) is 1.25. The molecule has 0 fully saturated rings. The highest BCUT2D eigenvalue weighted by Crippen LogP contribution is 2.08. The van der Waals surface area contributed by atoms with Crippen LogP contribution in [-0.2, 0) is 4.79 Å². The third-order valence-electron chi connectivity index (χ3n) is 2.06. The van der Waals surface area contributed by atoms with Crippen LogP contribution in [0.1, 0.15) is 13.8 Å². The smallest absolute Gasteiger partial charge is 0.308 e. The number of carbonyl (C=O) groups is 1. The summed E-state index contributed by atoms with van der Waals surface area (Å²) in [6.07, 6.45) is 0. The van der Waals surface area contributed by atoms with Crippen molar-refractivity contribution in [2.75, 3.05) is 6.61 Å². The summed E-state index contributed by atoms with van der Waals surface area (Å²) in [5.41, 5.74) is 0. The maximum atomic E-state index is 10.4. The number of ether oxygens (including phenoxy) is 2. The number of hydrogen-bond donors (Lipinski definition) is 0. The molecule has 0 saturated heterocycles. The predicted octanol–water partition coefficient (Wildman–Crippen LogP) is 3.70. The van der Waals surface area contributed by atoms with E-state index in [-0.39, 0.29) is 5.97 Å². The van der Waals surface area contributed by atoms with Gasteiger partial charge in [-0.15, -0.1) is 0 Å². The average Bonchev–Trinajstić information content (AvgIpc) is 2.41. The first kappa shape index (κ1) is 14.8. The van der Waals surface area contributed by atoms with Crippen molar-refractivity contribution in [1.82, 2.24) is 0 Å². The van der Waals surface area contributed by atoms with Crippen LogP contribution in [0, 0.1) is 0 Å². The topological polar surface area (TPSA) is 35.5 Å². The van der Waals surface area contributed by atoms with Crippen molar-refractivity contribution in [1.29, 1.82) is 0 Å². The van der Waals surface area contributed by atoms with Crippen LogP contribution in [-0.4, -0.2) is 12.6 Å². The molecule has 0 bridgehead atoms. The third-order valence-corrected chi connectivity index (χ3v) is 2.06. The zero-order valence-electron chi connectivity index (χ0n) is 11.2. The molecule has 0 heterocycles. The van der Waals surface area contributed by atoms with Crippen molar-refractivity contribution in [3.8, 4) is 11.5 Å². The Hall–Kier alpha value is -2.29. The minimum Gasteiger partial charge on any atom is -0.494 e. The molecule has 0 aliphatic heterocycles. The molecule has 0 aliphatic carbocycles. The van der Waals surface area contributed by atoms with Crippen LogP contribution >= 0.6 is 0 Å². The van der Waals surface area contributed by atoms with Gasteiger partial charge in [0.2, 0.25) is 0 Å². The zero-order valence-corrected chi connectivity index (χ0v) is 11.2. The lowest BCUT2D eigenvalue weighted by atomic mass is 10.3. The Morgan fingerprint density at radius 1 is 0.895 bits per heavy atom. The Bertz CT molecular complexity index is 466. The summed E-state index contributed by atoms with van der Waals surface area (Å²) in [6, 6.07) is 18.8. The largest absolute Gasteiger partial charge is 0.494 e. The fourth-order valence-electron chi connectivity index (χ4n) is 1.34. The molecule has 0 unspecified atom stereocenters. The second-order valence-electron chi connectivity index (χ2n) is 3.65. The van der Waals surface area contributed by atoms with Crippen molar-refractivity contribution in [3.05, 3.63) is 60.7 Å². The summed E-state index contributed by atoms with van der Waals surface area (Å²) in [4.78, 5) is 10.4. The molecule has 3 nitrogen and oxygen atoms in total. The number of hydrogen-bond acceptors (Lipinski definition) is 3. The third kappa shape index (κ3) is 6.88. The van der Waals surface area contributed by atoms with Crippen LogP contribution in [0.25, 0.3) is 0 Å². The lowest BCUT2D eigenvalue weighted by molar-refractivity contribution is -0.131. The Morgan fingerprint density at radius 3 is 1.79 bits per heavy atom. The maximum absolute atomic E-state index is 10.4. The molecule has 0 saturated carbocycles. The van der Waals surface area contributed by atoms with Crippen LogP contribution in [0.2, 0.25) is 0 Å². The van der Waals surface area contributed by atoms with Gasteiger partial charge in [0.15, 0.2) is 0 Å². The average molecular weight is 258 g/mol. The van der Waals surface area contributed by atoms with Gasteiger partial charge in [0.05, 0.1) is 6.61 Å². The highest BCUT2D eigenvalue weighted by Gasteiger charge is 1.93. The van der Waals surface area contributed by atoms with Gasteiger partial charge >= 0.3 is 5.97 Å². The van der Waals surface area contributed by atoms with Gasteiger partial charge in [0.1, 0.15) is 11.5 Å². The highest BCUT2D eigenvalue weighted by molar-refractivity contribution is 5.69. The molecule has 0 aromatic heterocycles. The Labute approximate surface area is 113 Å². The second-order valence-corrected chi connectivity index (χ2v) is 3.65. The van der Waals surface area contributed by atoms with E-state index in [0.717, 1.165) is 12.4 Å². The molecule has 3 heteroatoms. The second kappa shape index (κ2) is 8.75. The van der Waals surface area contributed by atoms with Crippen molar-refractivity contribution in [2.45, 2.75) is 13.8 Å². The standard InChI is InChI=1S/C8H8O2.C8H10O/c1-7(9)10-8-5-3-2-4-6-8;1-2-9-8-6-4-3-5-7-8/h2-6H,1H3;3-7H,2H2,1H3. The lowest BCUT2D eigenvalue weighted by Gasteiger charge is -1.99. The van der Waals surface area contributed by atoms with Gasteiger partial charge in [-0.05, 0) is 31.2 Å². The molecule has 2 aromatic carbocycles. The summed E-state index contributed by atoms with van der Waals surface area (Å²) < 4.78 is 9.98. The van der Waals surface area contributed by atoms with E-state index in [9.17, 15) is 4.79 Å². The summed E-state index contributed by atoms with van der Waals surface area (Å²) in [7, 11) is 0. The molecule has 0 amide bonds. The summed E-state index contributed by atoms with van der Waals surface area (Å²) in [6.45, 7) is 4.10. The lowest BCUT2D eigenvalue weighted by Crippen LogP contribution is -2.00. The summed E-state index contributed by atoms with van der Waals surface area (Å²) in [5, 5.41) is 0. The van der Waals surface area contributed by atoms with Crippen molar-refractivity contribution < 1.29 is 14.3 Å². The van der Waals surface area contributed by atoms with Gasteiger partial charge in [-0.3, -0.25) is 4.79 Å². The minimum absolute atomic E-state index is 0.286. The van der Waals surface area contributed by atoms with Gasteiger partial charge in [0, 0.05) is 6.92 Å². The first-order valence-corrected chi connectivity index (χ1v) is 6.13. The fraction of sp³-hybridized carbons (Fsp3) is 0.188. The normalized spacial score (nSPS) is 8.95. The van der Waals surface area contributed by atoms with E-state index in [2.05, 4.69) is 0 Å². The Balaban J connectivity index is 0.000000191. The predicted molar refractivity (Wildman–Crippen MR) is 75.4 cm³/mol. The van der Waals surface area contributed by atoms with E-state index in [4.69, 9.17) is 9.47 Å². The number of para-hydroxylation sites is 2. The molecule has 19 heavy (non-hydrogen) atoms. The van der Waals surface area contributed by atoms with E-state index in [1.165, 1.54) is 6.92 Å². The SMILES string of the molecule is CC(=O)Oc1ccccc1.CCOc1ccccc1. The molecule has 0 aliphatic rings. The van der Waals surface area contributed by atoms with E-state index in [1.54, 1.807) is 12.1 Å². The van der Waals surface area contributed by atoms with Gasteiger partial charge in [-0.1, -0.05) is 36.4 Å². The Morgan fingerprint density at radius 2 is 1.37 bits per heavy atom. The molecule has 0 radical (unpaired) electrons. The van der Waals surface area contributed by atoms with Crippen molar-refractivity contribution in [2.24, 2.45) is 0 Å². The number of carbonyl (C=O) groups excluding carboxylic acids is 1. The first-order chi connectivity index (χ1) is 9.22. The minimum atomic E-state index is -0.286. The molecule has 100 valence electrons.